The highest BCUT2D eigenvalue weighted by Gasteiger charge is 2.51. The Morgan fingerprint density at radius 2 is 1.76 bits per heavy atom. The van der Waals surface area contributed by atoms with Gasteiger partial charge in [-0.15, -0.1) is 13.2 Å². The number of ether oxygens (including phenoxy) is 2. The third kappa shape index (κ3) is 5.05. The van der Waals surface area contributed by atoms with Crippen LogP contribution in [0.15, 0.2) is 41.3 Å². The summed E-state index contributed by atoms with van der Waals surface area (Å²) in [4.78, 5) is -0.658. The van der Waals surface area contributed by atoms with Gasteiger partial charge < -0.3 is 19.7 Å². The molecule has 34 heavy (non-hydrogen) atoms. The van der Waals surface area contributed by atoms with Gasteiger partial charge in [0, 0.05) is 12.6 Å². The molecule has 1 aliphatic heterocycles. The molecule has 1 saturated heterocycles. The molecule has 1 unspecified atom stereocenters. The van der Waals surface area contributed by atoms with Crippen LogP contribution in [0.2, 0.25) is 0 Å². The van der Waals surface area contributed by atoms with E-state index in [1.165, 1.54) is 12.1 Å². The molecule has 180 valence electrons. The number of sulfonamides is 1. The lowest BCUT2D eigenvalue weighted by Crippen LogP contribution is -2.48. The van der Waals surface area contributed by atoms with Gasteiger partial charge in [-0.3, -0.25) is 0 Å². The number of nitriles is 2. The van der Waals surface area contributed by atoms with Crippen LogP contribution in [0, 0.1) is 28.5 Å². The van der Waals surface area contributed by atoms with Gasteiger partial charge in [-0.25, -0.2) is 12.8 Å². The van der Waals surface area contributed by atoms with Gasteiger partial charge in [0.2, 0.25) is 10.0 Å². The zero-order valence-electron chi connectivity index (χ0n) is 17.0. The van der Waals surface area contributed by atoms with E-state index in [2.05, 4.69) is 4.74 Å². The second kappa shape index (κ2) is 9.08. The minimum absolute atomic E-state index is 0.154. The largest absolute Gasteiger partial charge is 0.573 e. The number of benzene rings is 2. The fraction of sp³-hybridized carbons (Fsp3) is 0.300. The first-order valence-electron chi connectivity index (χ1n) is 9.32. The highest BCUT2D eigenvalue weighted by molar-refractivity contribution is 7.89. The van der Waals surface area contributed by atoms with Crippen molar-refractivity contribution in [2.24, 2.45) is 0 Å². The summed E-state index contributed by atoms with van der Waals surface area (Å²) in [6, 6.07) is 8.33. The third-order valence-corrected chi connectivity index (χ3v) is 6.82. The molecule has 2 N–H and O–H groups in total. The van der Waals surface area contributed by atoms with Crippen LogP contribution < -0.4 is 9.47 Å². The van der Waals surface area contributed by atoms with Gasteiger partial charge in [0.25, 0.3) is 0 Å². The van der Waals surface area contributed by atoms with Crippen LogP contribution >= 0.6 is 0 Å². The van der Waals surface area contributed by atoms with E-state index in [0.717, 1.165) is 18.2 Å². The predicted molar refractivity (Wildman–Crippen MR) is 104 cm³/mol. The molecule has 2 aromatic carbocycles. The molecule has 0 bridgehead atoms. The van der Waals surface area contributed by atoms with Crippen molar-refractivity contribution in [3.8, 4) is 23.6 Å². The topological polar surface area (TPSA) is 144 Å². The summed E-state index contributed by atoms with van der Waals surface area (Å²) < 4.78 is 87.3. The van der Waals surface area contributed by atoms with Crippen LogP contribution in [0.1, 0.15) is 11.1 Å². The maximum Gasteiger partial charge on any atom is 0.573 e. The molecule has 0 aromatic heterocycles. The van der Waals surface area contributed by atoms with Crippen molar-refractivity contribution in [1.82, 2.24) is 4.31 Å². The van der Waals surface area contributed by atoms with Gasteiger partial charge in [-0.1, -0.05) is 0 Å². The minimum Gasteiger partial charge on any atom is -0.486 e. The highest BCUT2D eigenvalue weighted by atomic mass is 32.2. The molecular formula is C20H15F4N3O6S. The standard InChI is InChI=1S/C20H15F4N3O6S/c21-16-6-14(2-1-12(16)7-25)32-18-9-27(10-19(18,29)11-28)34(30,31)17-4-3-15(5-13(17)8-26)33-20(22,23)24/h1-6,18,28-29H,9-11H2/t18?,19-/m1/s1. The molecule has 2 atom stereocenters. The number of aliphatic hydroxyl groups excluding tert-OH is 1. The number of rotatable bonds is 6. The van der Waals surface area contributed by atoms with Gasteiger partial charge in [0.1, 0.15) is 46.1 Å². The van der Waals surface area contributed by atoms with Gasteiger partial charge in [0.15, 0.2) is 0 Å². The van der Waals surface area contributed by atoms with Crippen LogP contribution in [-0.2, 0) is 10.0 Å². The molecule has 0 spiro atoms. The summed E-state index contributed by atoms with van der Waals surface area (Å²) in [5.41, 5.74) is -3.06. The molecule has 1 fully saturated rings. The average molecular weight is 501 g/mol. The zero-order chi connectivity index (χ0) is 25.3. The zero-order valence-corrected chi connectivity index (χ0v) is 17.8. The molecule has 0 radical (unpaired) electrons. The SMILES string of the molecule is N#Cc1ccc(OC2CN(S(=O)(=O)c3ccc(OC(F)(F)F)cc3C#N)C[C@@]2(O)CO)cc1F. The van der Waals surface area contributed by atoms with Gasteiger partial charge in [0.05, 0.1) is 24.3 Å². The molecular weight excluding hydrogens is 486 g/mol. The number of alkyl halides is 3. The smallest absolute Gasteiger partial charge is 0.486 e. The Kier molecular flexibility index (Phi) is 6.73. The molecule has 14 heteroatoms. The first-order valence-corrected chi connectivity index (χ1v) is 10.8. The third-order valence-electron chi connectivity index (χ3n) is 4.95. The van der Waals surface area contributed by atoms with E-state index in [4.69, 9.17) is 10.00 Å². The second-order valence-corrected chi connectivity index (χ2v) is 9.14. The quantitative estimate of drug-likeness (QED) is 0.569. The lowest BCUT2D eigenvalue weighted by molar-refractivity contribution is -0.274. The predicted octanol–water partition coefficient (Wildman–Crippen LogP) is 1.64. The fourth-order valence-electron chi connectivity index (χ4n) is 3.29. The first-order chi connectivity index (χ1) is 15.8. The van der Waals surface area contributed by atoms with Gasteiger partial charge in [-0.05, 0) is 30.3 Å². The first kappa shape index (κ1) is 25.2. The fourth-order valence-corrected chi connectivity index (χ4v) is 4.92. The summed E-state index contributed by atoms with van der Waals surface area (Å²) in [6.07, 6.45) is -6.45. The van der Waals surface area contributed by atoms with E-state index < -0.39 is 69.8 Å². The minimum atomic E-state index is -5.06. The average Bonchev–Trinajstić information content (AvgIpc) is 3.10. The molecule has 9 nitrogen and oxygen atoms in total. The molecule has 0 aliphatic carbocycles. The van der Waals surface area contributed by atoms with Crippen LogP contribution in [0.5, 0.6) is 11.5 Å². The summed E-state index contributed by atoms with van der Waals surface area (Å²) in [6.45, 7) is -2.19. The Balaban J connectivity index is 1.90. The monoisotopic (exact) mass is 501 g/mol. The van der Waals surface area contributed by atoms with Crippen molar-refractivity contribution in [3.63, 3.8) is 0 Å². The number of hydrogen-bond acceptors (Lipinski definition) is 8. The number of nitrogens with zero attached hydrogens (tertiary/aromatic N) is 3. The Morgan fingerprint density at radius 1 is 1.12 bits per heavy atom. The van der Waals surface area contributed by atoms with Gasteiger partial charge in [-0.2, -0.15) is 14.8 Å². The number of halogens is 4. The van der Waals surface area contributed by atoms with Crippen molar-refractivity contribution in [2.75, 3.05) is 19.7 Å². The highest BCUT2D eigenvalue weighted by Crippen LogP contribution is 2.33. The lowest BCUT2D eigenvalue weighted by Gasteiger charge is -2.27. The maximum atomic E-state index is 13.9. The van der Waals surface area contributed by atoms with E-state index in [1.54, 1.807) is 6.07 Å². The molecule has 1 aliphatic rings. The number of hydrogen-bond donors (Lipinski definition) is 2. The number of aliphatic hydroxyl groups is 2. The molecule has 3 rings (SSSR count). The molecule has 0 amide bonds. The number of β-amino-alcohol motifs (C(OH)–C–C–N with tert-alkyl or cyclic N) is 1. The van der Waals surface area contributed by atoms with Crippen LogP contribution in [0.4, 0.5) is 17.6 Å². The molecule has 2 aromatic rings. The summed E-state index contributed by atoms with van der Waals surface area (Å²) in [5, 5.41) is 38.5. The summed E-state index contributed by atoms with van der Waals surface area (Å²) >= 11 is 0. The second-order valence-electron chi connectivity index (χ2n) is 7.24. The summed E-state index contributed by atoms with van der Waals surface area (Å²) in [7, 11) is -4.56. The van der Waals surface area contributed by atoms with Crippen molar-refractivity contribution < 1.29 is 45.7 Å². The van der Waals surface area contributed by atoms with E-state index in [9.17, 15) is 41.5 Å². The van der Waals surface area contributed by atoms with Crippen LogP contribution in [0.25, 0.3) is 0 Å². The van der Waals surface area contributed by atoms with E-state index in [-0.39, 0.29) is 11.3 Å². The van der Waals surface area contributed by atoms with E-state index in [1.807, 2.05) is 0 Å². The van der Waals surface area contributed by atoms with Crippen molar-refractivity contribution in [2.45, 2.75) is 23.0 Å². The Labute approximate surface area is 190 Å². The van der Waals surface area contributed by atoms with Crippen LogP contribution in [-0.4, -0.2) is 60.7 Å². The van der Waals surface area contributed by atoms with Crippen molar-refractivity contribution >= 4 is 10.0 Å². The molecule has 1 heterocycles. The van der Waals surface area contributed by atoms with E-state index >= 15 is 0 Å². The van der Waals surface area contributed by atoms with Gasteiger partial charge >= 0.3 is 6.36 Å². The van der Waals surface area contributed by atoms with Crippen molar-refractivity contribution in [1.29, 1.82) is 10.5 Å². The Bertz CT molecular complexity index is 1290. The Morgan fingerprint density at radius 3 is 2.32 bits per heavy atom. The van der Waals surface area contributed by atoms with Crippen molar-refractivity contribution in [3.05, 3.63) is 53.3 Å². The maximum absolute atomic E-state index is 13.9. The van der Waals surface area contributed by atoms with Crippen LogP contribution in [0.3, 0.4) is 0 Å². The molecule has 0 saturated carbocycles. The summed E-state index contributed by atoms with van der Waals surface area (Å²) in [5.74, 6) is -1.88. The van der Waals surface area contributed by atoms with E-state index in [0.29, 0.717) is 16.4 Å². The Hall–Kier alpha value is -3.43. The normalized spacial score (nSPS) is 21.0. The lowest BCUT2D eigenvalue weighted by atomic mass is 10.0.